The van der Waals surface area contributed by atoms with Crippen LogP contribution in [0.5, 0.6) is 0 Å². The maximum Gasteiger partial charge on any atom is 0.347 e. The highest BCUT2D eigenvalue weighted by Crippen LogP contribution is 2.19. The molecule has 0 amide bonds. The largest absolute Gasteiger partial charge is 0.397 e. The maximum absolute atomic E-state index is 12.0. The SMILES string of the molecule is CCCCCCCCc1ccc(CCSc2nc3ccccc3c(=O)o2)cc1. The van der Waals surface area contributed by atoms with Crippen molar-refractivity contribution in [3.8, 4) is 0 Å². The van der Waals surface area contributed by atoms with Gasteiger partial charge in [0.1, 0.15) is 0 Å². The van der Waals surface area contributed by atoms with Gasteiger partial charge in [0.25, 0.3) is 5.22 Å². The fourth-order valence-electron chi connectivity index (χ4n) is 3.30. The Balaban J connectivity index is 1.43. The van der Waals surface area contributed by atoms with Crippen molar-refractivity contribution in [2.24, 2.45) is 0 Å². The van der Waals surface area contributed by atoms with E-state index in [0.717, 1.165) is 12.2 Å². The van der Waals surface area contributed by atoms with Gasteiger partial charge in [0, 0.05) is 5.75 Å². The number of thioether (sulfide) groups is 1. The number of hydrogen-bond donors (Lipinski definition) is 0. The van der Waals surface area contributed by atoms with E-state index in [4.69, 9.17) is 4.42 Å². The lowest BCUT2D eigenvalue weighted by Gasteiger charge is -2.05. The van der Waals surface area contributed by atoms with Crippen LogP contribution in [-0.2, 0) is 12.8 Å². The molecule has 3 nitrogen and oxygen atoms in total. The zero-order valence-electron chi connectivity index (χ0n) is 16.7. The fraction of sp³-hybridized carbons (Fsp3) is 0.417. The van der Waals surface area contributed by atoms with Crippen LogP contribution in [0.2, 0.25) is 0 Å². The molecule has 3 aromatic rings. The zero-order chi connectivity index (χ0) is 19.6. The Bertz CT molecular complexity index is 918. The molecule has 0 aliphatic carbocycles. The predicted molar refractivity (Wildman–Crippen MR) is 118 cm³/mol. The van der Waals surface area contributed by atoms with E-state index in [1.807, 2.05) is 18.2 Å². The first-order valence-electron chi connectivity index (χ1n) is 10.4. The third-order valence-corrected chi connectivity index (χ3v) is 5.80. The Morgan fingerprint density at radius 1 is 0.857 bits per heavy atom. The Morgan fingerprint density at radius 2 is 1.54 bits per heavy atom. The molecule has 0 N–H and O–H groups in total. The van der Waals surface area contributed by atoms with Gasteiger partial charge < -0.3 is 4.42 Å². The quantitative estimate of drug-likeness (QED) is 0.277. The average Bonchev–Trinajstić information content (AvgIpc) is 2.72. The van der Waals surface area contributed by atoms with E-state index in [1.165, 1.54) is 67.8 Å². The van der Waals surface area contributed by atoms with Gasteiger partial charge in [0.05, 0.1) is 10.9 Å². The van der Waals surface area contributed by atoms with Gasteiger partial charge >= 0.3 is 5.63 Å². The van der Waals surface area contributed by atoms with E-state index in [0.29, 0.717) is 16.1 Å². The van der Waals surface area contributed by atoms with Crippen molar-refractivity contribution in [1.82, 2.24) is 4.98 Å². The van der Waals surface area contributed by atoms with Gasteiger partial charge in [-0.25, -0.2) is 9.78 Å². The zero-order valence-corrected chi connectivity index (χ0v) is 17.5. The number of aryl methyl sites for hydroxylation is 2. The van der Waals surface area contributed by atoms with Gasteiger partial charge in [-0.15, -0.1) is 0 Å². The lowest BCUT2D eigenvalue weighted by Crippen LogP contribution is -2.02. The fourth-order valence-corrected chi connectivity index (χ4v) is 4.11. The monoisotopic (exact) mass is 395 g/mol. The van der Waals surface area contributed by atoms with Crippen LogP contribution in [-0.4, -0.2) is 10.7 Å². The van der Waals surface area contributed by atoms with Crippen LogP contribution in [0.25, 0.3) is 10.9 Å². The Kier molecular flexibility index (Phi) is 8.16. The van der Waals surface area contributed by atoms with Crippen molar-refractivity contribution in [3.63, 3.8) is 0 Å². The van der Waals surface area contributed by atoms with E-state index in [9.17, 15) is 4.79 Å². The Morgan fingerprint density at radius 3 is 2.32 bits per heavy atom. The minimum Gasteiger partial charge on any atom is -0.397 e. The van der Waals surface area contributed by atoms with Crippen molar-refractivity contribution in [1.29, 1.82) is 0 Å². The molecular weight excluding hydrogens is 366 g/mol. The van der Waals surface area contributed by atoms with Crippen LogP contribution in [0.4, 0.5) is 0 Å². The molecule has 0 spiro atoms. The molecule has 1 heterocycles. The molecule has 0 aliphatic rings. The molecule has 0 aliphatic heterocycles. The van der Waals surface area contributed by atoms with Crippen molar-refractivity contribution in [3.05, 3.63) is 70.1 Å². The molecule has 1 aromatic heterocycles. The van der Waals surface area contributed by atoms with Crippen LogP contribution in [0.1, 0.15) is 56.6 Å². The van der Waals surface area contributed by atoms with Gasteiger partial charge in [-0.1, -0.05) is 87.2 Å². The average molecular weight is 396 g/mol. The van der Waals surface area contributed by atoms with Crippen molar-refractivity contribution in [2.45, 2.75) is 63.5 Å². The summed E-state index contributed by atoms with van der Waals surface area (Å²) in [5.74, 6) is 0.838. The van der Waals surface area contributed by atoms with Crippen LogP contribution in [0.15, 0.2) is 63.0 Å². The standard InChI is InChI=1S/C24H29NO2S/c1-2-3-4-5-6-7-10-19-13-15-20(16-14-19)17-18-28-24-25-22-12-9-8-11-21(22)23(26)27-24/h8-9,11-16H,2-7,10,17-18H2,1H3. The summed E-state index contributed by atoms with van der Waals surface area (Å²) in [7, 11) is 0. The molecule has 28 heavy (non-hydrogen) atoms. The molecule has 0 unspecified atom stereocenters. The molecule has 0 saturated heterocycles. The van der Waals surface area contributed by atoms with Gasteiger partial charge in [0.2, 0.25) is 0 Å². The first kappa shape index (κ1) is 20.7. The highest BCUT2D eigenvalue weighted by molar-refractivity contribution is 7.99. The van der Waals surface area contributed by atoms with E-state index in [-0.39, 0.29) is 5.63 Å². The predicted octanol–water partition coefficient (Wildman–Crippen LogP) is 6.43. The highest BCUT2D eigenvalue weighted by Gasteiger charge is 2.06. The van der Waals surface area contributed by atoms with E-state index in [1.54, 1.807) is 6.07 Å². The van der Waals surface area contributed by atoms with E-state index in [2.05, 4.69) is 36.2 Å². The van der Waals surface area contributed by atoms with Crippen LogP contribution >= 0.6 is 11.8 Å². The summed E-state index contributed by atoms with van der Waals surface area (Å²) in [6, 6.07) is 16.2. The second kappa shape index (κ2) is 11.1. The van der Waals surface area contributed by atoms with E-state index >= 15 is 0 Å². The highest BCUT2D eigenvalue weighted by atomic mass is 32.2. The smallest absolute Gasteiger partial charge is 0.347 e. The molecular formula is C24H29NO2S. The molecule has 4 heteroatoms. The summed E-state index contributed by atoms with van der Waals surface area (Å²) in [6.45, 7) is 2.26. The number of aromatic nitrogens is 1. The Labute approximate surface area is 171 Å². The third kappa shape index (κ3) is 6.23. The van der Waals surface area contributed by atoms with Crippen molar-refractivity contribution >= 4 is 22.7 Å². The number of unbranched alkanes of at least 4 members (excludes halogenated alkanes) is 5. The number of hydrogen-bond acceptors (Lipinski definition) is 4. The van der Waals surface area contributed by atoms with Gasteiger partial charge in [0.15, 0.2) is 0 Å². The lowest BCUT2D eigenvalue weighted by molar-refractivity contribution is 0.401. The van der Waals surface area contributed by atoms with Crippen LogP contribution in [0, 0.1) is 0 Å². The van der Waals surface area contributed by atoms with E-state index < -0.39 is 0 Å². The summed E-state index contributed by atoms with van der Waals surface area (Å²) in [5, 5.41) is 0.983. The summed E-state index contributed by atoms with van der Waals surface area (Å²) in [6.07, 6.45) is 10.1. The minimum atomic E-state index is -0.313. The van der Waals surface area contributed by atoms with Gasteiger partial charge in [-0.3, -0.25) is 0 Å². The molecule has 0 saturated carbocycles. The van der Waals surface area contributed by atoms with Crippen molar-refractivity contribution in [2.75, 3.05) is 5.75 Å². The summed E-state index contributed by atoms with van der Waals surface area (Å²) >= 11 is 1.49. The second-order valence-corrected chi connectivity index (χ2v) is 8.26. The summed E-state index contributed by atoms with van der Waals surface area (Å²) in [5.41, 5.74) is 3.11. The Hall–Kier alpha value is -2.07. The topological polar surface area (TPSA) is 43.1 Å². The first-order chi connectivity index (χ1) is 13.8. The van der Waals surface area contributed by atoms with Crippen molar-refractivity contribution < 1.29 is 4.42 Å². The van der Waals surface area contributed by atoms with Gasteiger partial charge in [-0.2, -0.15) is 0 Å². The number of benzene rings is 2. The molecule has 3 rings (SSSR count). The van der Waals surface area contributed by atoms with Gasteiger partial charge in [-0.05, 0) is 42.5 Å². The molecule has 0 fully saturated rings. The number of fused-ring (bicyclic) bond motifs is 1. The number of para-hydroxylation sites is 1. The molecule has 0 bridgehead atoms. The number of nitrogens with zero attached hydrogens (tertiary/aromatic N) is 1. The van der Waals surface area contributed by atoms with Crippen LogP contribution in [0.3, 0.4) is 0 Å². The summed E-state index contributed by atoms with van der Waals surface area (Å²) < 4.78 is 5.32. The molecule has 0 radical (unpaired) electrons. The summed E-state index contributed by atoms with van der Waals surface area (Å²) in [4.78, 5) is 16.4. The normalized spacial score (nSPS) is 11.2. The third-order valence-electron chi connectivity index (χ3n) is 4.97. The molecule has 2 aromatic carbocycles. The first-order valence-corrected chi connectivity index (χ1v) is 11.4. The molecule has 148 valence electrons. The maximum atomic E-state index is 12.0. The molecule has 0 atom stereocenters. The second-order valence-electron chi connectivity index (χ2n) is 7.22. The minimum absolute atomic E-state index is 0.313. The number of rotatable bonds is 11. The lowest BCUT2D eigenvalue weighted by atomic mass is 10.0. The van der Waals surface area contributed by atoms with Crippen LogP contribution < -0.4 is 5.63 Å².